The van der Waals surface area contributed by atoms with Crippen LogP contribution < -0.4 is 11.1 Å². The Morgan fingerprint density at radius 3 is 3.00 bits per heavy atom. The number of piperidine rings is 1. The summed E-state index contributed by atoms with van der Waals surface area (Å²) in [5, 5.41) is 3.58. The molecule has 0 radical (unpaired) electrons. The summed E-state index contributed by atoms with van der Waals surface area (Å²) in [6, 6.07) is 0. The van der Waals surface area contributed by atoms with Gasteiger partial charge in [0.25, 0.3) is 0 Å². The molecule has 114 valence electrons. The van der Waals surface area contributed by atoms with Crippen LogP contribution in [0.15, 0.2) is 12.2 Å². The molecule has 0 unspecified atom stereocenters. The fourth-order valence-electron chi connectivity index (χ4n) is 3.27. The van der Waals surface area contributed by atoms with Gasteiger partial charge in [0.15, 0.2) is 0 Å². The summed E-state index contributed by atoms with van der Waals surface area (Å²) in [7, 11) is 0. The number of nitrogens with zero attached hydrogens (tertiary/aromatic N) is 1. The first-order chi connectivity index (χ1) is 9.75. The molecular formula is C16H29N3O. The number of likely N-dealkylation sites (tertiary alicyclic amines) is 1. The standard InChI is InChI=1S/C16H29N3O/c17-16(20)15-8-4-10-19(13-15)11-5-9-18-12-14-6-2-1-3-7-14/h1-2,14-15,18H,3-13H2,(H2,17,20)/t14-,15+/m0/s1. The zero-order valence-corrected chi connectivity index (χ0v) is 12.5. The third-order valence-corrected chi connectivity index (χ3v) is 4.55. The van der Waals surface area contributed by atoms with Crippen LogP contribution >= 0.6 is 0 Å². The zero-order valence-electron chi connectivity index (χ0n) is 12.5. The predicted octanol–water partition coefficient (Wildman–Crippen LogP) is 1.52. The normalized spacial score (nSPS) is 27.6. The first kappa shape index (κ1) is 15.5. The summed E-state index contributed by atoms with van der Waals surface area (Å²) in [4.78, 5) is 13.6. The summed E-state index contributed by atoms with van der Waals surface area (Å²) in [5.41, 5.74) is 5.40. The van der Waals surface area contributed by atoms with E-state index in [1.54, 1.807) is 0 Å². The molecule has 3 N–H and O–H groups in total. The highest BCUT2D eigenvalue weighted by atomic mass is 16.1. The van der Waals surface area contributed by atoms with Gasteiger partial charge in [-0.2, -0.15) is 0 Å². The van der Waals surface area contributed by atoms with Gasteiger partial charge in [-0.3, -0.25) is 4.79 Å². The zero-order chi connectivity index (χ0) is 14.2. The fraction of sp³-hybridized carbons (Fsp3) is 0.812. The highest BCUT2D eigenvalue weighted by molar-refractivity contribution is 5.76. The Kier molecular flexibility index (Phi) is 6.54. The van der Waals surface area contributed by atoms with Gasteiger partial charge in [-0.25, -0.2) is 0 Å². The Morgan fingerprint density at radius 1 is 1.35 bits per heavy atom. The van der Waals surface area contributed by atoms with Crippen molar-refractivity contribution in [1.29, 1.82) is 0 Å². The molecule has 2 rings (SSSR count). The molecule has 4 heteroatoms. The lowest BCUT2D eigenvalue weighted by Crippen LogP contribution is -2.42. The molecule has 0 bridgehead atoms. The average molecular weight is 279 g/mol. The molecule has 1 heterocycles. The molecule has 0 saturated carbocycles. The van der Waals surface area contributed by atoms with E-state index in [9.17, 15) is 4.79 Å². The minimum Gasteiger partial charge on any atom is -0.369 e. The predicted molar refractivity (Wildman–Crippen MR) is 82.3 cm³/mol. The van der Waals surface area contributed by atoms with Crippen molar-refractivity contribution in [2.24, 2.45) is 17.6 Å². The van der Waals surface area contributed by atoms with Gasteiger partial charge < -0.3 is 16.0 Å². The number of nitrogens with one attached hydrogen (secondary N) is 1. The molecule has 0 aromatic heterocycles. The number of carbonyl (C=O) groups excluding carboxylic acids is 1. The van der Waals surface area contributed by atoms with Crippen LogP contribution in [-0.2, 0) is 4.79 Å². The molecule has 1 fully saturated rings. The largest absolute Gasteiger partial charge is 0.369 e. The number of rotatable bonds is 7. The summed E-state index contributed by atoms with van der Waals surface area (Å²) < 4.78 is 0. The Labute approximate surface area is 122 Å². The van der Waals surface area contributed by atoms with E-state index in [-0.39, 0.29) is 11.8 Å². The quantitative estimate of drug-likeness (QED) is 0.549. The number of nitrogens with two attached hydrogens (primary N) is 1. The van der Waals surface area contributed by atoms with Crippen molar-refractivity contribution in [2.45, 2.75) is 38.5 Å². The lowest BCUT2D eigenvalue weighted by Gasteiger charge is -2.31. The maximum absolute atomic E-state index is 11.2. The van der Waals surface area contributed by atoms with Gasteiger partial charge in [-0.05, 0) is 70.6 Å². The van der Waals surface area contributed by atoms with Crippen molar-refractivity contribution in [3.8, 4) is 0 Å². The molecular weight excluding hydrogens is 250 g/mol. The molecule has 1 amide bonds. The van der Waals surface area contributed by atoms with Crippen molar-refractivity contribution in [1.82, 2.24) is 10.2 Å². The minimum atomic E-state index is -0.127. The van der Waals surface area contributed by atoms with Crippen LogP contribution in [0.4, 0.5) is 0 Å². The Bertz CT molecular complexity index is 330. The molecule has 0 spiro atoms. The van der Waals surface area contributed by atoms with Gasteiger partial charge in [-0.1, -0.05) is 12.2 Å². The van der Waals surface area contributed by atoms with E-state index >= 15 is 0 Å². The van der Waals surface area contributed by atoms with Gasteiger partial charge >= 0.3 is 0 Å². The van der Waals surface area contributed by atoms with E-state index in [0.717, 1.165) is 57.9 Å². The van der Waals surface area contributed by atoms with Crippen molar-refractivity contribution >= 4 is 5.91 Å². The number of amides is 1. The molecule has 1 saturated heterocycles. The monoisotopic (exact) mass is 279 g/mol. The van der Waals surface area contributed by atoms with Crippen LogP contribution in [-0.4, -0.2) is 43.5 Å². The fourth-order valence-corrected chi connectivity index (χ4v) is 3.27. The van der Waals surface area contributed by atoms with Crippen LogP contribution in [0.25, 0.3) is 0 Å². The second kappa shape index (κ2) is 8.42. The molecule has 20 heavy (non-hydrogen) atoms. The van der Waals surface area contributed by atoms with E-state index in [1.807, 2.05) is 0 Å². The van der Waals surface area contributed by atoms with Crippen molar-refractivity contribution in [3.63, 3.8) is 0 Å². The van der Waals surface area contributed by atoms with Crippen LogP contribution in [0, 0.1) is 11.8 Å². The molecule has 1 aliphatic carbocycles. The minimum absolute atomic E-state index is 0.0748. The first-order valence-electron chi connectivity index (χ1n) is 8.13. The van der Waals surface area contributed by atoms with Gasteiger partial charge in [0.05, 0.1) is 5.92 Å². The second-order valence-corrected chi connectivity index (χ2v) is 6.25. The van der Waals surface area contributed by atoms with Crippen LogP contribution in [0.3, 0.4) is 0 Å². The Hall–Kier alpha value is -0.870. The molecule has 0 aromatic rings. The average Bonchev–Trinajstić information content (AvgIpc) is 2.48. The maximum atomic E-state index is 11.2. The SMILES string of the molecule is NC(=O)[C@@H]1CCCN(CCCNC[C@H]2CC=CCC2)C1. The molecule has 4 nitrogen and oxygen atoms in total. The summed E-state index contributed by atoms with van der Waals surface area (Å²) in [6.07, 6.45) is 11.7. The van der Waals surface area contributed by atoms with E-state index in [2.05, 4.69) is 22.4 Å². The lowest BCUT2D eigenvalue weighted by atomic mass is 9.94. The molecule has 1 aliphatic heterocycles. The summed E-state index contributed by atoms with van der Waals surface area (Å²) >= 11 is 0. The van der Waals surface area contributed by atoms with Crippen LogP contribution in [0.2, 0.25) is 0 Å². The third kappa shape index (κ3) is 5.25. The van der Waals surface area contributed by atoms with E-state index in [0.29, 0.717) is 0 Å². The topological polar surface area (TPSA) is 58.4 Å². The molecule has 2 aliphatic rings. The second-order valence-electron chi connectivity index (χ2n) is 6.25. The summed E-state index contributed by atoms with van der Waals surface area (Å²) in [5.74, 6) is 0.776. The van der Waals surface area contributed by atoms with Gasteiger partial charge in [0, 0.05) is 6.54 Å². The van der Waals surface area contributed by atoms with Crippen LogP contribution in [0.1, 0.15) is 38.5 Å². The van der Waals surface area contributed by atoms with Crippen molar-refractivity contribution in [3.05, 3.63) is 12.2 Å². The number of hydrogen-bond acceptors (Lipinski definition) is 3. The smallest absolute Gasteiger partial charge is 0.221 e. The number of allylic oxidation sites excluding steroid dienone is 2. The van der Waals surface area contributed by atoms with Gasteiger partial charge in [0.2, 0.25) is 5.91 Å². The van der Waals surface area contributed by atoms with Gasteiger partial charge in [-0.15, -0.1) is 0 Å². The number of hydrogen-bond donors (Lipinski definition) is 2. The van der Waals surface area contributed by atoms with Gasteiger partial charge in [0.1, 0.15) is 0 Å². The lowest BCUT2D eigenvalue weighted by molar-refractivity contribution is -0.123. The van der Waals surface area contributed by atoms with E-state index in [1.165, 1.54) is 19.3 Å². The van der Waals surface area contributed by atoms with E-state index in [4.69, 9.17) is 5.73 Å². The third-order valence-electron chi connectivity index (χ3n) is 4.55. The van der Waals surface area contributed by atoms with E-state index < -0.39 is 0 Å². The molecule has 2 atom stereocenters. The van der Waals surface area contributed by atoms with Crippen molar-refractivity contribution < 1.29 is 4.79 Å². The van der Waals surface area contributed by atoms with Crippen LogP contribution in [0.5, 0.6) is 0 Å². The first-order valence-corrected chi connectivity index (χ1v) is 8.13. The Morgan fingerprint density at radius 2 is 2.25 bits per heavy atom. The number of primary amides is 1. The molecule has 0 aromatic carbocycles. The highest BCUT2D eigenvalue weighted by Crippen LogP contribution is 2.17. The Balaban J connectivity index is 1.52. The highest BCUT2D eigenvalue weighted by Gasteiger charge is 2.23. The van der Waals surface area contributed by atoms with Crippen molar-refractivity contribution in [2.75, 3.05) is 32.7 Å². The number of carbonyl (C=O) groups is 1. The summed E-state index contributed by atoms with van der Waals surface area (Å²) in [6.45, 7) is 5.30. The maximum Gasteiger partial charge on any atom is 0.221 e.